The van der Waals surface area contributed by atoms with E-state index in [1.54, 1.807) is 19.2 Å². The predicted octanol–water partition coefficient (Wildman–Crippen LogP) is 5.23. The first kappa shape index (κ1) is 17.3. The van der Waals surface area contributed by atoms with Gasteiger partial charge in [0, 0.05) is 0 Å². The van der Waals surface area contributed by atoms with Gasteiger partial charge in [0.05, 0.1) is 13.0 Å². The third-order valence-corrected chi connectivity index (χ3v) is 6.03. The second kappa shape index (κ2) is 8.04. The maximum Gasteiger partial charge on any atom is 0.314 e. The Bertz CT molecular complexity index is 537. The molecule has 2 aliphatic carbocycles. The number of esters is 1. The molecule has 1 aromatic carbocycles. The summed E-state index contributed by atoms with van der Waals surface area (Å²) in [6.07, 6.45) is 9.96. The minimum Gasteiger partial charge on any atom is -0.497 e. The maximum absolute atomic E-state index is 12.5. The van der Waals surface area contributed by atoms with Gasteiger partial charge in [-0.3, -0.25) is 4.79 Å². The quantitative estimate of drug-likeness (QED) is 0.547. The van der Waals surface area contributed by atoms with Crippen LogP contribution in [-0.4, -0.2) is 13.1 Å². The van der Waals surface area contributed by atoms with Gasteiger partial charge in [0.15, 0.2) is 0 Å². The van der Waals surface area contributed by atoms with Gasteiger partial charge < -0.3 is 9.47 Å². The standard InChI is InChI=1S/C21H30O3/c1-3-4-15-5-6-17-14-18(8-7-16(17)13-15)21(22)24-20-11-9-19(23-2)10-12-20/h9-12,15-18H,3-8,13-14H2,1-2H3. The Morgan fingerprint density at radius 2 is 1.67 bits per heavy atom. The minimum atomic E-state index is -0.0469. The van der Waals surface area contributed by atoms with Crippen LogP contribution in [0.3, 0.4) is 0 Å². The van der Waals surface area contributed by atoms with Gasteiger partial charge in [0.2, 0.25) is 0 Å². The topological polar surface area (TPSA) is 35.5 Å². The van der Waals surface area contributed by atoms with Crippen molar-refractivity contribution in [1.82, 2.24) is 0 Å². The van der Waals surface area contributed by atoms with Gasteiger partial charge in [-0.1, -0.05) is 26.2 Å². The highest BCUT2D eigenvalue weighted by Gasteiger charge is 2.38. The van der Waals surface area contributed by atoms with Crippen molar-refractivity contribution in [1.29, 1.82) is 0 Å². The Kier molecular flexibility index (Phi) is 5.80. The van der Waals surface area contributed by atoms with Crippen molar-refractivity contribution >= 4 is 5.97 Å². The van der Waals surface area contributed by atoms with Crippen LogP contribution in [0.1, 0.15) is 58.3 Å². The third-order valence-electron chi connectivity index (χ3n) is 6.03. The van der Waals surface area contributed by atoms with Crippen LogP contribution in [-0.2, 0) is 4.79 Å². The number of methoxy groups -OCH3 is 1. The number of ether oxygens (including phenoxy) is 2. The molecular formula is C21H30O3. The van der Waals surface area contributed by atoms with Crippen LogP contribution in [0, 0.1) is 23.7 Å². The van der Waals surface area contributed by atoms with Crippen molar-refractivity contribution in [3.63, 3.8) is 0 Å². The lowest BCUT2D eigenvalue weighted by atomic mass is 9.64. The second-order valence-electron chi connectivity index (χ2n) is 7.59. The predicted molar refractivity (Wildman–Crippen MR) is 95.2 cm³/mol. The van der Waals surface area contributed by atoms with Crippen molar-refractivity contribution in [3.05, 3.63) is 24.3 Å². The first-order valence-electron chi connectivity index (χ1n) is 9.55. The van der Waals surface area contributed by atoms with E-state index in [0.29, 0.717) is 5.75 Å². The monoisotopic (exact) mass is 330 g/mol. The van der Waals surface area contributed by atoms with Crippen LogP contribution < -0.4 is 9.47 Å². The highest BCUT2D eigenvalue weighted by Crippen LogP contribution is 2.45. The number of rotatable bonds is 5. The molecule has 0 spiro atoms. The first-order chi connectivity index (χ1) is 11.7. The molecule has 0 radical (unpaired) electrons. The number of fused-ring (bicyclic) bond motifs is 1. The molecule has 3 heteroatoms. The van der Waals surface area contributed by atoms with E-state index in [0.717, 1.165) is 36.3 Å². The second-order valence-corrected chi connectivity index (χ2v) is 7.59. The van der Waals surface area contributed by atoms with E-state index in [-0.39, 0.29) is 11.9 Å². The lowest BCUT2D eigenvalue weighted by molar-refractivity contribution is -0.141. The van der Waals surface area contributed by atoms with Crippen molar-refractivity contribution in [3.8, 4) is 11.5 Å². The van der Waals surface area contributed by atoms with Gasteiger partial charge in [0.25, 0.3) is 0 Å². The fraction of sp³-hybridized carbons (Fsp3) is 0.667. The molecule has 0 amide bonds. The van der Waals surface area contributed by atoms with Crippen LogP contribution in [0.25, 0.3) is 0 Å². The summed E-state index contributed by atoms with van der Waals surface area (Å²) >= 11 is 0. The molecule has 0 aliphatic heterocycles. The maximum atomic E-state index is 12.5. The van der Waals surface area contributed by atoms with Crippen molar-refractivity contribution < 1.29 is 14.3 Å². The zero-order valence-electron chi connectivity index (χ0n) is 15.0. The van der Waals surface area contributed by atoms with Crippen LogP contribution in [0.5, 0.6) is 11.5 Å². The van der Waals surface area contributed by atoms with E-state index in [2.05, 4.69) is 6.92 Å². The molecule has 2 fully saturated rings. The molecule has 0 N–H and O–H groups in total. The summed E-state index contributed by atoms with van der Waals surface area (Å²) in [5, 5.41) is 0. The van der Waals surface area contributed by atoms with E-state index in [4.69, 9.17) is 9.47 Å². The third kappa shape index (κ3) is 4.12. The van der Waals surface area contributed by atoms with Crippen LogP contribution in [0.2, 0.25) is 0 Å². The number of carbonyl (C=O) groups is 1. The Labute approximate surface area is 145 Å². The highest BCUT2D eigenvalue weighted by atomic mass is 16.5. The zero-order valence-corrected chi connectivity index (χ0v) is 15.0. The molecule has 1 aromatic rings. The molecule has 4 atom stereocenters. The van der Waals surface area contributed by atoms with E-state index < -0.39 is 0 Å². The van der Waals surface area contributed by atoms with E-state index >= 15 is 0 Å². The highest BCUT2D eigenvalue weighted by molar-refractivity contribution is 5.75. The average Bonchev–Trinajstić information content (AvgIpc) is 2.62. The van der Waals surface area contributed by atoms with Gasteiger partial charge >= 0.3 is 5.97 Å². The molecule has 24 heavy (non-hydrogen) atoms. The number of hydrogen-bond donors (Lipinski definition) is 0. The van der Waals surface area contributed by atoms with Gasteiger partial charge in [-0.25, -0.2) is 0 Å². The summed E-state index contributed by atoms with van der Waals surface area (Å²) in [6, 6.07) is 7.26. The summed E-state index contributed by atoms with van der Waals surface area (Å²) in [5.74, 6) is 3.94. The largest absolute Gasteiger partial charge is 0.497 e. The Hall–Kier alpha value is -1.51. The summed E-state index contributed by atoms with van der Waals surface area (Å²) in [5.41, 5.74) is 0. The Balaban J connectivity index is 1.52. The minimum absolute atomic E-state index is 0.0469. The molecule has 3 rings (SSSR count). The molecule has 3 nitrogen and oxygen atoms in total. The molecule has 2 saturated carbocycles. The molecule has 2 aliphatic rings. The molecule has 0 saturated heterocycles. The molecule has 0 aromatic heterocycles. The SMILES string of the molecule is CCCC1CCC2CC(C(=O)Oc3ccc(OC)cc3)CCC2C1. The smallest absolute Gasteiger partial charge is 0.314 e. The summed E-state index contributed by atoms with van der Waals surface area (Å²) < 4.78 is 10.7. The van der Waals surface area contributed by atoms with Gasteiger partial charge in [-0.15, -0.1) is 0 Å². The van der Waals surface area contributed by atoms with Gasteiger partial charge in [-0.05, 0) is 74.1 Å². The lowest BCUT2D eigenvalue weighted by Crippen LogP contribution is -2.35. The average molecular weight is 330 g/mol. The van der Waals surface area contributed by atoms with Gasteiger partial charge in [-0.2, -0.15) is 0 Å². The summed E-state index contributed by atoms with van der Waals surface area (Å²) in [4.78, 5) is 12.5. The van der Waals surface area contributed by atoms with E-state index in [1.807, 2.05) is 12.1 Å². The first-order valence-corrected chi connectivity index (χ1v) is 9.55. The van der Waals surface area contributed by atoms with Crippen molar-refractivity contribution in [2.45, 2.75) is 58.3 Å². The molecule has 4 unspecified atom stereocenters. The molecule has 0 bridgehead atoms. The molecular weight excluding hydrogens is 300 g/mol. The van der Waals surface area contributed by atoms with Crippen LogP contribution in [0.15, 0.2) is 24.3 Å². The lowest BCUT2D eigenvalue weighted by Gasteiger charge is -2.41. The zero-order chi connectivity index (χ0) is 16.9. The van der Waals surface area contributed by atoms with E-state index in [9.17, 15) is 4.79 Å². The molecule has 132 valence electrons. The van der Waals surface area contributed by atoms with Crippen LogP contribution >= 0.6 is 0 Å². The Morgan fingerprint density at radius 3 is 2.38 bits per heavy atom. The van der Waals surface area contributed by atoms with Crippen LogP contribution in [0.4, 0.5) is 0 Å². The van der Waals surface area contributed by atoms with Crippen molar-refractivity contribution in [2.75, 3.05) is 7.11 Å². The summed E-state index contributed by atoms with van der Waals surface area (Å²) in [7, 11) is 1.63. The molecule has 0 heterocycles. The number of carbonyl (C=O) groups excluding carboxylic acids is 1. The van der Waals surface area contributed by atoms with Crippen molar-refractivity contribution in [2.24, 2.45) is 23.7 Å². The number of hydrogen-bond acceptors (Lipinski definition) is 3. The number of benzene rings is 1. The summed E-state index contributed by atoms with van der Waals surface area (Å²) in [6.45, 7) is 2.29. The van der Waals surface area contributed by atoms with E-state index in [1.165, 1.54) is 38.5 Å². The Morgan fingerprint density at radius 1 is 1.00 bits per heavy atom. The normalized spacial score (nSPS) is 29.6. The fourth-order valence-corrected chi connectivity index (χ4v) is 4.71. The van der Waals surface area contributed by atoms with Gasteiger partial charge in [0.1, 0.15) is 11.5 Å². The fourth-order valence-electron chi connectivity index (χ4n) is 4.71.